The maximum absolute atomic E-state index is 10.4. The molecule has 7 nitrogen and oxygen atoms in total. The van der Waals surface area contributed by atoms with Gasteiger partial charge >= 0.3 is 0 Å². The summed E-state index contributed by atoms with van der Waals surface area (Å²) < 4.78 is 0. The smallest absolute Gasteiger partial charge is 0.247 e. The normalized spacial score (nSPS) is 8.91. The van der Waals surface area contributed by atoms with Gasteiger partial charge in [0, 0.05) is 0 Å². The molecule has 2 amide bonds. The summed E-state index contributed by atoms with van der Waals surface area (Å²) in [5.41, 5.74) is 3.78. The van der Waals surface area contributed by atoms with Crippen LogP contribution < -0.4 is 27.9 Å². The molecule has 7 N–H and O–H groups in total. The van der Waals surface area contributed by atoms with Crippen molar-refractivity contribution >= 4 is 11.8 Å². The van der Waals surface area contributed by atoms with Gasteiger partial charge in [-0.2, -0.15) is 0 Å². The van der Waals surface area contributed by atoms with Crippen LogP contribution in [0.15, 0.2) is 0 Å². The molecule has 0 saturated heterocycles. The van der Waals surface area contributed by atoms with E-state index >= 15 is 0 Å². The first-order valence-electron chi connectivity index (χ1n) is 2.90. The molecular formula is C4H11N5O2. The summed E-state index contributed by atoms with van der Waals surface area (Å²) >= 11 is 0. The molecule has 0 fully saturated rings. The van der Waals surface area contributed by atoms with Gasteiger partial charge in [0.1, 0.15) is 0 Å². The highest BCUT2D eigenvalue weighted by molar-refractivity contribution is 5.80. The van der Waals surface area contributed by atoms with Crippen molar-refractivity contribution in [2.75, 3.05) is 13.1 Å². The maximum atomic E-state index is 10.4. The van der Waals surface area contributed by atoms with Gasteiger partial charge in [-0.1, -0.05) is 0 Å². The monoisotopic (exact) mass is 161 g/mol. The molecule has 0 rings (SSSR count). The quantitative estimate of drug-likeness (QED) is 0.167. The van der Waals surface area contributed by atoms with Crippen molar-refractivity contribution in [2.24, 2.45) is 11.7 Å². The van der Waals surface area contributed by atoms with E-state index in [9.17, 15) is 9.59 Å². The maximum Gasteiger partial charge on any atom is 0.247 e. The Morgan fingerprint density at radius 2 is 1.36 bits per heavy atom. The van der Waals surface area contributed by atoms with E-state index in [0.717, 1.165) is 0 Å². The van der Waals surface area contributed by atoms with Gasteiger partial charge in [0.2, 0.25) is 11.8 Å². The third-order valence-corrected chi connectivity index (χ3v) is 0.893. The first kappa shape index (κ1) is 9.82. The molecule has 0 aliphatic heterocycles. The summed E-state index contributed by atoms with van der Waals surface area (Å²) in [5.74, 6) is 8.73. The first-order valence-corrected chi connectivity index (χ1v) is 2.90. The van der Waals surface area contributed by atoms with Crippen LogP contribution in [0, 0.1) is 0 Å². The Hall–Kier alpha value is -1.18. The van der Waals surface area contributed by atoms with Gasteiger partial charge < -0.3 is 0 Å². The number of amides is 2. The lowest BCUT2D eigenvalue weighted by Gasteiger charge is -2.01. The molecule has 0 aromatic heterocycles. The van der Waals surface area contributed by atoms with Gasteiger partial charge in [-0.05, 0) is 0 Å². The Kier molecular flexibility index (Phi) is 4.99. The number of hydrogen-bond acceptors (Lipinski definition) is 5. The Morgan fingerprint density at radius 3 is 1.64 bits per heavy atom. The minimum Gasteiger partial charge on any atom is -0.300 e. The molecular weight excluding hydrogens is 150 g/mol. The van der Waals surface area contributed by atoms with Crippen LogP contribution in [0.25, 0.3) is 0 Å². The van der Waals surface area contributed by atoms with E-state index in [2.05, 4.69) is 5.32 Å². The largest absolute Gasteiger partial charge is 0.300 e. The van der Waals surface area contributed by atoms with Crippen LogP contribution >= 0.6 is 0 Å². The summed E-state index contributed by atoms with van der Waals surface area (Å²) in [5, 5.41) is 2.50. The molecule has 0 aromatic rings. The lowest BCUT2D eigenvalue weighted by Crippen LogP contribution is -2.43. The fraction of sp³-hybridized carbons (Fsp3) is 0.500. The number of nitrogens with one attached hydrogen (secondary N) is 3. The van der Waals surface area contributed by atoms with Gasteiger partial charge in [0.05, 0.1) is 13.1 Å². The summed E-state index contributed by atoms with van der Waals surface area (Å²) in [6, 6.07) is 0. The molecule has 11 heavy (non-hydrogen) atoms. The number of hydrazine groups is 2. The van der Waals surface area contributed by atoms with Crippen LogP contribution in [0.5, 0.6) is 0 Å². The van der Waals surface area contributed by atoms with Gasteiger partial charge in [-0.25, -0.2) is 11.7 Å². The standard InChI is InChI=1S/C4H11N5O2/c5-8-3(10)1-7-2-4(11)9-6/h7H,1-2,5-6H2,(H,8,10)(H,9,11). The number of carbonyl (C=O) groups excluding carboxylic acids is 2. The molecule has 0 aliphatic carbocycles. The average molecular weight is 161 g/mol. The molecule has 0 radical (unpaired) electrons. The first-order chi connectivity index (χ1) is 5.20. The zero-order chi connectivity index (χ0) is 8.69. The molecule has 0 heterocycles. The predicted molar refractivity (Wildman–Crippen MR) is 37.5 cm³/mol. The van der Waals surface area contributed by atoms with Crippen LogP contribution in [-0.2, 0) is 9.59 Å². The van der Waals surface area contributed by atoms with Crippen LogP contribution in [0.4, 0.5) is 0 Å². The molecule has 0 saturated carbocycles. The van der Waals surface area contributed by atoms with E-state index in [-0.39, 0.29) is 13.1 Å². The highest BCUT2D eigenvalue weighted by atomic mass is 16.2. The Labute approximate surface area is 63.4 Å². The van der Waals surface area contributed by atoms with Crippen molar-refractivity contribution < 1.29 is 9.59 Å². The highest BCUT2D eigenvalue weighted by Gasteiger charge is 1.99. The second-order valence-corrected chi connectivity index (χ2v) is 1.74. The van der Waals surface area contributed by atoms with Crippen molar-refractivity contribution in [3.8, 4) is 0 Å². The molecule has 7 heteroatoms. The van der Waals surface area contributed by atoms with Gasteiger partial charge in [-0.3, -0.25) is 25.8 Å². The third kappa shape index (κ3) is 5.27. The van der Waals surface area contributed by atoms with Crippen molar-refractivity contribution in [2.45, 2.75) is 0 Å². The molecule has 0 aromatic carbocycles. The predicted octanol–water partition coefficient (Wildman–Crippen LogP) is -3.44. The Bertz CT molecular complexity index is 131. The second-order valence-electron chi connectivity index (χ2n) is 1.74. The summed E-state index contributed by atoms with van der Waals surface area (Å²) in [4.78, 5) is 20.8. The number of nitrogens with two attached hydrogens (primary N) is 2. The Morgan fingerprint density at radius 1 is 1.00 bits per heavy atom. The van der Waals surface area contributed by atoms with E-state index in [1.54, 1.807) is 0 Å². The molecule has 0 atom stereocenters. The van der Waals surface area contributed by atoms with Crippen LogP contribution in [0.3, 0.4) is 0 Å². The highest BCUT2D eigenvalue weighted by Crippen LogP contribution is 1.60. The minimum atomic E-state index is -0.394. The Balaban J connectivity index is 3.27. The van der Waals surface area contributed by atoms with Crippen LogP contribution in [0.2, 0.25) is 0 Å². The van der Waals surface area contributed by atoms with E-state index in [1.165, 1.54) is 0 Å². The fourth-order valence-corrected chi connectivity index (χ4v) is 0.392. The molecule has 64 valence electrons. The zero-order valence-corrected chi connectivity index (χ0v) is 5.89. The molecule has 0 bridgehead atoms. The van der Waals surface area contributed by atoms with Crippen LogP contribution in [-0.4, -0.2) is 24.9 Å². The number of carbonyl (C=O) groups is 2. The van der Waals surface area contributed by atoms with Crippen molar-refractivity contribution in [3.63, 3.8) is 0 Å². The van der Waals surface area contributed by atoms with E-state index in [4.69, 9.17) is 11.7 Å². The van der Waals surface area contributed by atoms with Crippen molar-refractivity contribution in [1.29, 1.82) is 0 Å². The molecule has 0 spiro atoms. The van der Waals surface area contributed by atoms with E-state index < -0.39 is 11.8 Å². The minimum absolute atomic E-state index is 0.0100. The van der Waals surface area contributed by atoms with Gasteiger partial charge in [0.15, 0.2) is 0 Å². The molecule has 0 aliphatic rings. The van der Waals surface area contributed by atoms with Gasteiger partial charge in [0.25, 0.3) is 0 Å². The SMILES string of the molecule is NNC(=O)CNCC(=O)NN. The fourth-order valence-electron chi connectivity index (χ4n) is 0.392. The van der Waals surface area contributed by atoms with Gasteiger partial charge in [-0.15, -0.1) is 0 Å². The number of hydrogen-bond donors (Lipinski definition) is 5. The van der Waals surface area contributed by atoms with E-state index in [0.29, 0.717) is 0 Å². The zero-order valence-electron chi connectivity index (χ0n) is 5.89. The lowest BCUT2D eigenvalue weighted by molar-refractivity contribution is -0.121. The summed E-state index contributed by atoms with van der Waals surface area (Å²) in [6.07, 6.45) is 0. The average Bonchev–Trinajstić information content (AvgIpc) is 2.04. The lowest BCUT2D eigenvalue weighted by atomic mass is 10.5. The third-order valence-electron chi connectivity index (χ3n) is 0.893. The summed E-state index contributed by atoms with van der Waals surface area (Å²) in [6.45, 7) is -0.0200. The van der Waals surface area contributed by atoms with Crippen LogP contribution in [0.1, 0.15) is 0 Å². The topological polar surface area (TPSA) is 122 Å². The molecule has 0 unspecified atom stereocenters. The van der Waals surface area contributed by atoms with Crippen molar-refractivity contribution in [1.82, 2.24) is 16.2 Å². The van der Waals surface area contributed by atoms with Crippen molar-refractivity contribution in [3.05, 3.63) is 0 Å². The van der Waals surface area contributed by atoms with E-state index in [1.807, 2.05) is 10.9 Å². The second kappa shape index (κ2) is 5.59. The summed E-state index contributed by atoms with van der Waals surface area (Å²) in [7, 11) is 0. The number of rotatable bonds is 4.